The molecule has 1 fully saturated rings. The Bertz CT molecular complexity index is 991. The monoisotopic (exact) mass is 415 g/mol. The minimum absolute atomic E-state index is 0. The van der Waals surface area contributed by atoms with Gasteiger partial charge in [-0.3, -0.25) is 4.79 Å². The number of benzene rings is 2. The van der Waals surface area contributed by atoms with Crippen LogP contribution in [0.15, 0.2) is 59.1 Å². The molecule has 152 valence electrons. The molecule has 3 aromatic rings. The quantitative estimate of drug-likeness (QED) is 0.666. The molecular weight excluding hydrogens is 393 g/mol. The largest absolute Gasteiger partial charge is 0.436 e. The molecule has 2 heterocycles. The first-order chi connectivity index (χ1) is 13.6. The van der Waals surface area contributed by atoms with Crippen LogP contribution in [0.25, 0.3) is 22.8 Å². The summed E-state index contributed by atoms with van der Waals surface area (Å²) >= 11 is 0. The number of carbonyl (C=O) groups is 1. The second kappa shape index (κ2) is 9.20. The van der Waals surface area contributed by atoms with Crippen LogP contribution in [0, 0.1) is 11.7 Å². The summed E-state index contributed by atoms with van der Waals surface area (Å²) in [7, 11) is 0. The summed E-state index contributed by atoms with van der Waals surface area (Å²) in [6, 6.07) is 13.7. The Morgan fingerprint density at radius 2 is 1.90 bits per heavy atom. The summed E-state index contributed by atoms with van der Waals surface area (Å²) in [4.78, 5) is 17.2. The molecule has 2 atom stereocenters. The summed E-state index contributed by atoms with van der Waals surface area (Å²) in [6.45, 7) is 3.90. The van der Waals surface area contributed by atoms with E-state index < -0.39 is 0 Å². The Morgan fingerprint density at radius 3 is 2.66 bits per heavy atom. The van der Waals surface area contributed by atoms with Gasteiger partial charge in [0.1, 0.15) is 5.82 Å². The Hall–Kier alpha value is -2.70. The number of nitrogens with zero attached hydrogens (tertiary/aromatic N) is 1. The molecule has 0 radical (unpaired) electrons. The highest BCUT2D eigenvalue weighted by Gasteiger charge is 2.25. The molecule has 29 heavy (non-hydrogen) atoms. The van der Waals surface area contributed by atoms with Gasteiger partial charge < -0.3 is 15.1 Å². The summed E-state index contributed by atoms with van der Waals surface area (Å²) in [5.41, 5.74) is 1.42. The molecule has 0 saturated carbocycles. The van der Waals surface area contributed by atoms with Crippen molar-refractivity contribution in [1.29, 1.82) is 0 Å². The zero-order chi connectivity index (χ0) is 19.5. The molecule has 0 spiro atoms. The van der Waals surface area contributed by atoms with E-state index in [1.165, 1.54) is 12.3 Å². The third-order valence-electron chi connectivity index (χ3n) is 5.15. The molecule has 1 aliphatic rings. The highest BCUT2D eigenvalue weighted by atomic mass is 35.5. The summed E-state index contributed by atoms with van der Waals surface area (Å²) in [5, 5.41) is 6.46. The fourth-order valence-corrected chi connectivity index (χ4v) is 3.53. The molecule has 0 aliphatic carbocycles. The van der Waals surface area contributed by atoms with Gasteiger partial charge in [0.25, 0.3) is 5.91 Å². The molecule has 1 aromatic heterocycles. The number of carbonyl (C=O) groups excluding carboxylic acids is 1. The van der Waals surface area contributed by atoms with Crippen molar-refractivity contribution in [1.82, 2.24) is 15.6 Å². The lowest BCUT2D eigenvalue weighted by molar-refractivity contribution is 0.0914. The minimum atomic E-state index is -0.379. The number of hydrogen-bond donors (Lipinski definition) is 2. The van der Waals surface area contributed by atoms with Crippen LogP contribution in [0.2, 0.25) is 0 Å². The minimum Gasteiger partial charge on any atom is -0.436 e. The van der Waals surface area contributed by atoms with Crippen molar-refractivity contribution in [3.05, 3.63) is 66.1 Å². The summed E-state index contributed by atoms with van der Waals surface area (Å²) in [5.74, 6) is 0.452. The number of oxazole rings is 1. The normalized spacial score (nSPS) is 18.7. The smallest absolute Gasteiger partial charge is 0.252 e. The van der Waals surface area contributed by atoms with E-state index in [1.807, 2.05) is 12.1 Å². The number of piperidine rings is 1. The lowest BCUT2D eigenvalue weighted by Crippen LogP contribution is -2.48. The first-order valence-corrected chi connectivity index (χ1v) is 9.45. The molecule has 2 N–H and O–H groups in total. The summed E-state index contributed by atoms with van der Waals surface area (Å²) < 4.78 is 19.8. The Labute approximate surface area is 175 Å². The van der Waals surface area contributed by atoms with Crippen molar-refractivity contribution in [2.75, 3.05) is 13.1 Å². The van der Waals surface area contributed by atoms with Crippen molar-refractivity contribution in [2.45, 2.75) is 19.4 Å². The van der Waals surface area contributed by atoms with Gasteiger partial charge in [-0.25, -0.2) is 9.37 Å². The van der Waals surface area contributed by atoms with Gasteiger partial charge >= 0.3 is 0 Å². The van der Waals surface area contributed by atoms with E-state index in [1.54, 1.807) is 30.3 Å². The average molecular weight is 416 g/mol. The Balaban J connectivity index is 0.00000240. The predicted octanol–water partition coefficient (Wildman–Crippen LogP) is 4.30. The average Bonchev–Trinajstić information content (AvgIpc) is 3.20. The van der Waals surface area contributed by atoms with E-state index >= 15 is 0 Å². The summed E-state index contributed by atoms with van der Waals surface area (Å²) in [6.07, 6.45) is 2.38. The lowest BCUT2D eigenvalue weighted by atomic mass is 9.94. The molecule has 1 amide bonds. The molecule has 2 unspecified atom stereocenters. The highest BCUT2D eigenvalue weighted by Crippen LogP contribution is 2.29. The third kappa shape index (κ3) is 4.49. The molecule has 1 aliphatic heterocycles. The number of rotatable bonds is 4. The second-order valence-electron chi connectivity index (χ2n) is 7.11. The van der Waals surface area contributed by atoms with Gasteiger partial charge in [0.15, 0.2) is 5.76 Å². The maximum absolute atomic E-state index is 14.0. The first kappa shape index (κ1) is 21.0. The van der Waals surface area contributed by atoms with Crippen molar-refractivity contribution in [3.63, 3.8) is 0 Å². The van der Waals surface area contributed by atoms with Crippen LogP contribution in [0.4, 0.5) is 4.39 Å². The lowest BCUT2D eigenvalue weighted by Gasteiger charge is -2.30. The fraction of sp³-hybridized carbons (Fsp3) is 0.273. The maximum Gasteiger partial charge on any atom is 0.252 e. The van der Waals surface area contributed by atoms with Crippen molar-refractivity contribution >= 4 is 18.3 Å². The van der Waals surface area contributed by atoms with E-state index in [0.29, 0.717) is 34.3 Å². The van der Waals surface area contributed by atoms with Gasteiger partial charge in [-0.2, -0.15) is 0 Å². The van der Waals surface area contributed by atoms with E-state index in [-0.39, 0.29) is 30.2 Å². The SMILES string of the molecule is CC1CNCCC1NC(=O)c1ccccc1-c1ncc(-c2ccccc2F)o1.Cl. The number of halogens is 2. The first-order valence-electron chi connectivity index (χ1n) is 9.45. The van der Waals surface area contributed by atoms with E-state index in [2.05, 4.69) is 22.5 Å². The van der Waals surface area contributed by atoms with Crippen molar-refractivity contribution in [3.8, 4) is 22.8 Å². The predicted molar refractivity (Wildman–Crippen MR) is 112 cm³/mol. The second-order valence-corrected chi connectivity index (χ2v) is 7.11. The topological polar surface area (TPSA) is 67.2 Å². The van der Waals surface area contributed by atoms with Crippen molar-refractivity contribution in [2.24, 2.45) is 5.92 Å². The van der Waals surface area contributed by atoms with Gasteiger partial charge in [0, 0.05) is 11.6 Å². The molecular formula is C22H23ClFN3O2. The van der Waals surface area contributed by atoms with E-state index in [0.717, 1.165) is 19.5 Å². The zero-order valence-corrected chi connectivity index (χ0v) is 16.8. The van der Waals surface area contributed by atoms with Crippen LogP contribution < -0.4 is 10.6 Å². The van der Waals surface area contributed by atoms with Crippen LogP contribution in [0.1, 0.15) is 23.7 Å². The number of nitrogens with one attached hydrogen (secondary N) is 2. The van der Waals surface area contributed by atoms with E-state index in [9.17, 15) is 9.18 Å². The van der Waals surface area contributed by atoms with Crippen molar-refractivity contribution < 1.29 is 13.6 Å². The molecule has 7 heteroatoms. The molecule has 0 bridgehead atoms. The Kier molecular flexibility index (Phi) is 6.67. The standard InChI is InChI=1S/C22H22FN3O2.ClH/c1-14-12-24-11-10-19(14)26-21(27)15-6-2-3-7-16(15)22-25-13-20(28-22)17-8-4-5-9-18(17)23;/h2-9,13-14,19,24H,10-12H2,1H3,(H,26,27);1H. The van der Waals surface area contributed by atoms with Crippen LogP contribution >= 0.6 is 12.4 Å². The number of hydrogen-bond acceptors (Lipinski definition) is 4. The van der Waals surface area contributed by atoms with Gasteiger partial charge in [-0.1, -0.05) is 31.2 Å². The zero-order valence-electron chi connectivity index (χ0n) is 16.0. The van der Waals surface area contributed by atoms with E-state index in [4.69, 9.17) is 4.42 Å². The molecule has 2 aromatic carbocycles. The van der Waals surface area contributed by atoms with Crippen LogP contribution in [-0.4, -0.2) is 30.0 Å². The van der Waals surface area contributed by atoms with Gasteiger partial charge in [0.2, 0.25) is 5.89 Å². The number of amides is 1. The van der Waals surface area contributed by atoms with Crippen LogP contribution in [0.5, 0.6) is 0 Å². The van der Waals surface area contributed by atoms with Gasteiger partial charge in [0.05, 0.1) is 17.3 Å². The maximum atomic E-state index is 14.0. The van der Waals surface area contributed by atoms with Crippen LogP contribution in [-0.2, 0) is 0 Å². The fourth-order valence-electron chi connectivity index (χ4n) is 3.53. The van der Waals surface area contributed by atoms with Crippen LogP contribution in [0.3, 0.4) is 0 Å². The molecule has 5 nitrogen and oxygen atoms in total. The molecule has 4 rings (SSSR count). The highest BCUT2D eigenvalue weighted by molar-refractivity contribution is 6.00. The molecule has 1 saturated heterocycles. The third-order valence-corrected chi connectivity index (χ3v) is 5.15. The number of aromatic nitrogens is 1. The Morgan fingerprint density at radius 1 is 1.17 bits per heavy atom. The van der Waals surface area contributed by atoms with Gasteiger partial charge in [-0.15, -0.1) is 12.4 Å². The van der Waals surface area contributed by atoms with Gasteiger partial charge in [-0.05, 0) is 49.7 Å².